The van der Waals surface area contributed by atoms with Crippen LogP contribution in [0, 0.1) is 0 Å². The van der Waals surface area contributed by atoms with Crippen LogP contribution in [0.5, 0.6) is 0 Å². The number of carbonyl (C=O) groups is 2. The maximum Gasteiger partial charge on any atom is 0.336 e. The Balaban J connectivity index is 1.88. The third-order valence-electron chi connectivity index (χ3n) is 4.09. The molecule has 1 aromatic heterocycles. The number of aromatic nitrogens is 1. The number of carbonyl (C=O) groups excluding carboxylic acids is 1. The highest BCUT2D eigenvalue weighted by atomic mass is 16.4. The van der Waals surface area contributed by atoms with Gasteiger partial charge in [-0.05, 0) is 47.0 Å². The first-order chi connectivity index (χ1) is 11.1. The van der Waals surface area contributed by atoms with E-state index >= 15 is 0 Å². The molecule has 0 atom stereocenters. The van der Waals surface area contributed by atoms with Crippen molar-refractivity contribution in [2.45, 2.75) is 6.54 Å². The summed E-state index contributed by atoms with van der Waals surface area (Å²) in [5, 5.41) is 12.7. The predicted molar refractivity (Wildman–Crippen MR) is 85.3 cm³/mol. The van der Waals surface area contributed by atoms with E-state index in [1.165, 1.54) is 12.3 Å². The molecule has 0 radical (unpaired) electrons. The number of carboxylic acid groups (broad SMARTS) is 1. The zero-order chi connectivity index (χ0) is 16.0. The average Bonchev–Trinajstić information content (AvgIpc) is 2.94. The molecular weight excluding hydrogens is 292 g/mol. The van der Waals surface area contributed by atoms with Gasteiger partial charge in [-0.15, -0.1) is 0 Å². The third-order valence-corrected chi connectivity index (χ3v) is 4.09. The molecule has 1 aliphatic heterocycles. The number of rotatable bonds is 2. The maximum atomic E-state index is 11.6. The van der Waals surface area contributed by atoms with E-state index in [2.05, 4.69) is 10.3 Å². The van der Waals surface area contributed by atoms with Gasteiger partial charge in [-0.1, -0.05) is 12.1 Å². The van der Waals surface area contributed by atoms with E-state index < -0.39 is 5.97 Å². The van der Waals surface area contributed by atoms with Crippen molar-refractivity contribution in [2.75, 3.05) is 0 Å². The number of fused-ring (bicyclic) bond motifs is 2. The van der Waals surface area contributed by atoms with Gasteiger partial charge in [0.1, 0.15) is 0 Å². The molecule has 1 aliphatic rings. The normalized spacial score (nSPS) is 13.0. The first-order valence-corrected chi connectivity index (χ1v) is 7.17. The van der Waals surface area contributed by atoms with Crippen LogP contribution in [0.25, 0.3) is 22.0 Å². The minimum atomic E-state index is -0.974. The van der Waals surface area contributed by atoms with Crippen molar-refractivity contribution < 1.29 is 14.7 Å². The van der Waals surface area contributed by atoms with E-state index in [1.54, 1.807) is 6.07 Å². The molecule has 0 saturated carbocycles. The number of nitrogens with one attached hydrogen (secondary N) is 1. The van der Waals surface area contributed by atoms with Gasteiger partial charge in [0.15, 0.2) is 0 Å². The smallest absolute Gasteiger partial charge is 0.336 e. The van der Waals surface area contributed by atoms with E-state index in [4.69, 9.17) is 0 Å². The van der Waals surface area contributed by atoms with Crippen molar-refractivity contribution in [3.05, 3.63) is 65.4 Å². The van der Waals surface area contributed by atoms with Gasteiger partial charge in [0.2, 0.25) is 0 Å². The Bertz CT molecular complexity index is 979. The van der Waals surface area contributed by atoms with E-state index in [1.807, 2.05) is 30.3 Å². The lowest BCUT2D eigenvalue weighted by atomic mass is 9.98. The highest BCUT2D eigenvalue weighted by molar-refractivity contribution is 6.03. The Morgan fingerprint density at radius 3 is 2.70 bits per heavy atom. The van der Waals surface area contributed by atoms with Crippen LogP contribution in [0.15, 0.2) is 48.7 Å². The number of pyridine rings is 1. The van der Waals surface area contributed by atoms with Gasteiger partial charge in [-0.2, -0.15) is 0 Å². The van der Waals surface area contributed by atoms with Gasteiger partial charge in [-0.3, -0.25) is 9.78 Å². The summed E-state index contributed by atoms with van der Waals surface area (Å²) in [4.78, 5) is 27.2. The fourth-order valence-corrected chi connectivity index (χ4v) is 2.92. The molecular formula is C18H12N2O3. The van der Waals surface area contributed by atoms with Crippen LogP contribution in [-0.2, 0) is 6.54 Å². The van der Waals surface area contributed by atoms with Crippen molar-refractivity contribution in [2.24, 2.45) is 0 Å². The van der Waals surface area contributed by atoms with Crippen LogP contribution in [0.3, 0.4) is 0 Å². The molecule has 112 valence electrons. The lowest BCUT2D eigenvalue weighted by Crippen LogP contribution is -2.12. The topological polar surface area (TPSA) is 79.3 Å². The molecule has 3 aromatic rings. The van der Waals surface area contributed by atoms with E-state index in [0.29, 0.717) is 23.0 Å². The fourth-order valence-electron chi connectivity index (χ4n) is 2.92. The number of carboxylic acids is 1. The molecule has 2 aromatic carbocycles. The molecule has 0 unspecified atom stereocenters. The Hall–Kier alpha value is -3.21. The summed E-state index contributed by atoms with van der Waals surface area (Å²) < 4.78 is 0. The van der Waals surface area contributed by atoms with E-state index in [-0.39, 0.29) is 11.5 Å². The van der Waals surface area contributed by atoms with Gasteiger partial charge in [0.25, 0.3) is 5.91 Å². The van der Waals surface area contributed by atoms with Gasteiger partial charge in [0.05, 0.1) is 11.1 Å². The van der Waals surface area contributed by atoms with E-state index in [0.717, 1.165) is 16.7 Å². The molecule has 0 bridgehead atoms. The number of amides is 1. The Morgan fingerprint density at radius 2 is 1.87 bits per heavy atom. The first kappa shape index (κ1) is 13.5. The van der Waals surface area contributed by atoms with Crippen molar-refractivity contribution in [1.82, 2.24) is 10.3 Å². The molecule has 2 heterocycles. The number of benzene rings is 2. The summed E-state index contributed by atoms with van der Waals surface area (Å²) in [6.07, 6.45) is 1.50. The highest BCUT2D eigenvalue weighted by Crippen LogP contribution is 2.28. The maximum absolute atomic E-state index is 11.6. The standard InChI is InChI=1S/C18H12N2O3/c21-17-13-3-1-10(7-12(13)9-20-17)11-2-4-16-15(8-11)14(18(22)23)5-6-19-16/h1-8H,9H2,(H,20,21)(H,22,23). The zero-order valence-electron chi connectivity index (χ0n) is 12.0. The van der Waals surface area contributed by atoms with Crippen LogP contribution < -0.4 is 5.32 Å². The van der Waals surface area contributed by atoms with Gasteiger partial charge in [-0.25, -0.2) is 4.79 Å². The largest absolute Gasteiger partial charge is 0.478 e. The van der Waals surface area contributed by atoms with Crippen molar-refractivity contribution >= 4 is 22.8 Å². The highest BCUT2D eigenvalue weighted by Gasteiger charge is 2.19. The molecule has 5 nitrogen and oxygen atoms in total. The second-order valence-electron chi connectivity index (χ2n) is 5.45. The van der Waals surface area contributed by atoms with E-state index in [9.17, 15) is 14.7 Å². The van der Waals surface area contributed by atoms with Crippen LogP contribution in [0.2, 0.25) is 0 Å². The molecule has 0 saturated heterocycles. The molecule has 2 N–H and O–H groups in total. The van der Waals surface area contributed by atoms with Crippen molar-refractivity contribution in [3.63, 3.8) is 0 Å². The Morgan fingerprint density at radius 1 is 1.09 bits per heavy atom. The zero-order valence-corrected chi connectivity index (χ0v) is 12.0. The molecule has 0 fully saturated rings. The Kier molecular flexibility index (Phi) is 2.87. The fraction of sp³-hybridized carbons (Fsp3) is 0.0556. The average molecular weight is 304 g/mol. The minimum absolute atomic E-state index is 0.0533. The monoisotopic (exact) mass is 304 g/mol. The van der Waals surface area contributed by atoms with Crippen molar-refractivity contribution in [1.29, 1.82) is 0 Å². The SMILES string of the molecule is O=C1NCc2cc(-c3ccc4nccc(C(=O)O)c4c3)ccc21. The summed E-state index contributed by atoms with van der Waals surface area (Å²) >= 11 is 0. The van der Waals surface area contributed by atoms with Gasteiger partial charge >= 0.3 is 5.97 Å². The van der Waals surface area contributed by atoms with Crippen molar-refractivity contribution in [3.8, 4) is 11.1 Å². The molecule has 1 amide bonds. The molecule has 0 aliphatic carbocycles. The lowest BCUT2D eigenvalue weighted by Gasteiger charge is -2.07. The van der Waals surface area contributed by atoms with Gasteiger partial charge < -0.3 is 10.4 Å². The lowest BCUT2D eigenvalue weighted by molar-refractivity contribution is 0.0698. The van der Waals surface area contributed by atoms with Crippen LogP contribution >= 0.6 is 0 Å². The summed E-state index contributed by atoms with van der Waals surface area (Å²) in [6, 6.07) is 12.7. The quantitative estimate of drug-likeness (QED) is 0.763. The minimum Gasteiger partial charge on any atom is -0.478 e. The molecule has 4 rings (SSSR count). The predicted octanol–water partition coefficient (Wildman–Crippen LogP) is 2.84. The summed E-state index contributed by atoms with van der Waals surface area (Å²) in [7, 11) is 0. The summed E-state index contributed by atoms with van der Waals surface area (Å²) in [5.74, 6) is -1.03. The van der Waals surface area contributed by atoms with Crippen LogP contribution in [0.1, 0.15) is 26.3 Å². The number of hydrogen-bond donors (Lipinski definition) is 2. The number of hydrogen-bond acceptors (Lipinski definition) is 3. The number of aromatic carboxylic acids is 1. The van der Waals surface area contributed by atoms with Crippen LogP contribution in [0.4, 0.5) is 0 Å². The molecule has 23 heavy (non-hydrogen) atoms. The summed E-state index contributed by atoms with van der Waals surface area (Å²) in [6.45, 7) is 0.525. The number of nitrogens with zero attached hydrogens (tertiary/aromatic N) is 1. The third kappa shape index (κ3) is 2.14. The first-order valence-electron chi connectivity index (χ1n) is 7.17. The summed E-state index contributed by atoms with van der Waals surface area (Å²) in [5.41, 5.74) is 4.37. The van der Waals surface area contributed by atoms with Crippen LogP contribution in [-0.4, -0.2) is 22.0 Å². The molecule has 0 spiro atoms. The second kappa shape index (κ2) is 4.91. The molecule has 5 heteroatoms. The second-order valence-corrected chi connectivity index (χ2v) is 5.45. The Labute approximate surface area is 131 Å². The van der Waals surface area contributed by atoms with Gasteiger partial charge in [0, 0.05) is 23.7 Å².